The van der Waals surface area contributed by atoms with Gasteiger partial charge in [0.05, 0.1) is 21.8 Å². The number of halogens is 1. The zero-order chi connectivity index (χ0) is 25.5. The number of carbonyl (C=O) groups excluding carboxylic acids is 1. The van der Waals surface area contributed by atoms with Crippen LogP contribution in [0.25, 0.3) is 22.4 Å². The number of carbonyl (C=O) groups is 1. The van der Waals surface area contributed by atoms with Crippen LogP contribution in [-0.2, 0) is 10.2 Å². The normalized spacial score (nSPS) is 18.7. The van der Waals surface area contributed by atoms with E-state index in [1.807, 2.05) is 39.1 Å². The number of nitrogens with zero attached hydrogens (tertiary/aromatic N) is 2. The summed E-state index contributed by atoms with van der Waals surface area (Å²) in [6.07, 6.45) is 9.00. The first-order valence-electron chi connectivity index (χ1n) is 12.4. The van der Waals surface area contributed by atoms with Crippen LogP contribution < -0.4 is 15.4 Å². The van der Waals surface area contributed by atoms with Crippen molar-refractivity contribution in [2.24, 2.45) is 0 Å². The number of hydrogen-bond acceptors (Lipinski definition) is 5. The lowest BCUT2D eigenvalue weighted by Gasteiger charge is -2.29. The zero-order valence-electron chi connectivity index (χ0n) is 21.1. The second-order valence-electron chi connectivity index (χ2n) is 10.3. The highest BCUT2D eigenvalue weighted by molar-refractivity contribution is 6.33. The molecule has 3 N–H and O–H groups in total. The van der Waals surface area contributed by atoms with Gasteiger partial charge in [-0.2, -0.15) is 4.98 Å². The van der Waals surface area contributed by atoms with Crippen LogP contribution in [0.3, 0.4) is 0 Å². The molecule has 0 radical (unpaired) electrons. The molecule has 2 heterocycles. The number of H-pyrrole nitrogens is 1. The predicted molar refractivity (Wildman–Crippen MR) is 143 cm³/mol. The highest BCUT2D eigenvalue weighted by Gasteiger charge is 2.43. The number of likely N-dealkylation sites (N-methyl/N-ethyl adjacent to an activating group) is 1. The molecule has 8 heteroatoms. The van der Waals surface area contributed by atoms with E-state index in [1.54, 1.807) is 0 Å². The van der Waals surface area contributed by atoms with Crippen LogP contribution in [0.4, 0.5) is 0 Å². The number of amides is 1. The fourth-order valence-electron chi connectivity index (χ4n) is 5.00. The second kappa shape index (κ2) is 9.37. The number of ether oxygens (including phenoxy) is 1. The molecule has 3 aromatic rings. The number of pyridine rings is 1. The molecule has 188 valence electrons. The molecule has 0 saturated heterocycles. The van der Waals surface area contributed by atoms with Crippen LogP contribution in [0.2, 0.25) is 5.02 Å². The monoisotopic (exact) mass is 505 g/mol. The Morgan fingerprint density at radius 2 is 2.00 bits per heavy atom. The standard InChI is InChI=1S/C28H32ClN5O2/c1-17(35)34-27(2,3)19-9-11-21(12-10-19)36-26-31-23-15-22(29)24(32-25(23)33-26)18-5-7-20(8-6-18)28(13-14-28)16-30-4/h5-11,15,21,30H,12-14,16H2,1-4H3,(H,34,35)(H,31,32,33). The van der Waals surface area contributed by atoms with Crippen molar-refractivity contribution in [1.82, 2.24) is 25.6 Å². The Hall–Kier alpha value is -3.16. The van der Waals surface area contributed by atoms with Gasteiger partial charge in [-0.25, -0.2) is 4.98 Å². The summed E-state index contributed by atoms with van der Waals surface area (Å²) in [5, 5.41) is 6.85. The average molecular weight is 506 g/mol. The van der Waals surface area contributed by atoms with E-state index in [0.29, 0.717) is 28.8 Å². The van der Waals surface area contributed by atoms with E-state index in [1.165, 1.54) is 25.3 Å². The lowest BCUT2D eigenvalue weighted by Crippen LogP contribution is -2.44. The molecule has 5 rings (SSSR count). The lowest BCUT2D eigenvalue weighted by molar-refractivity contribution is -0.120. The van der Waals surface area contributed by atoms with Crippen LogP contribution in [0.5, 0.6) is 6.01 Å². The van der Waals surface area contributed by atoms with Gasteiger partial charge in [-0.1, -0.05) is 48.0 Å². The first kappa shape index (κ1) is 24.5. The number of benzene rings is 1. The molecule has 1 saturated carbocycles. The summed E-state index contributed by atoms with van der Waals surface area (Å²) in [4.78, 5) is 24.0. The highest BCUT2D eigenvalue weighted by atomic mass is 35.5. The summed E-state index contributed by atoms with van der Waals surface area (Å²) < 4.78 is 6.08. The molecule has 7 nitrogen and oxygen atoms in total. The fourth-order valence-corrected chi connectivity index (χ4v) is 5.26. The fraction of sp³-hybridized carbons (Fsp3) is 0.393. The van der Waals surface area contributed by atoms with Gasteiger partial charge in [0.25, 0.3) is 6.01 Å². The summed E-state index contributed by atoms with van der Waals surface area (Å²) in [5.41, 5.74) is 5.19. The van der Waals surface area contributed by atoms with Gasteiger partial charge in [0.15, 0.2) is 5.65 Å². The van der Waals surface area contributed by atoms with Crippen molar-refractivity contribution in [3.05, 3.63) is 64.7 Å². The van der Waals surface area contributed by atoms with Gasteiger partial charge in [-0.15, -0.1) is 0 Å². The quantitative estimate of drug-likeness (QED) is 0.397. The van der Waals surface area contributed by atoms with Crippen molar-refractivity contribution < 1.29 is 9.53 Å². The van der Waals surface area contributed by atoms with Gasteiger partial charge >= 0.3 is 0 Å². The van der Waals surface area contributed by atoms with Gasteiger partial charge in [0.2, 0.25) is 5.91 Å². The zero-order valence-corrected chi connectivity index (χ0v) is 21.9. The van der Waals surface area contributed by atoms with Crippen LogP contribution in [0.1, 0.15) is 45.6 Å². The largest absolute Gasteiger partial charge is 0.457 e. The smallest absolute Gasteiger partial charge is 0.296 e. The van der Waals surface area contributed by atoms with Gasteiger partial charge < -0.3 is 20.4 Å². The third kappa shape index (κ3) is 4.90. The average Bonchev–Trinajstić information content (AvgIpc) is 3.51. The number of nitrogens with one attached hydrogen (secondary N) is 3. The van der Waals surface area contributed by atoms with E-state index >= 15 is 0 Å². The summed E-state index contributed by atoms with van der Waals surface area (Å²) in [6.45, 7) is 6.49. The SMILES string of the molecule is CNCC1(c2ccc(-c3nc4nc(OC5C=CC(C(C)(C)NC(C)=O)=CC5)[nH]c4cc3Cl)cc2)CC1. The van der Waals surface area contributed by atoms with Crippen molar-refractivity contribution in [2.75, 3.05) is 13.6 Å². The third-order valence-corrected chi connectivity index (χ3v) is 7.37. The summed E-state index contributed by atoms with van der Waals surface area (Å²) in [5.74, 6) is -0.0583. The third-order valence-electron chi connectivity index (χ3n) is 7.08. The van der Waals surface area contributed by atoms with Gasteiger partial charge in [-0.3, -0.25) is 4.79 Å². The maximum Gasteiger partial charge on any atom is 0.296 e. The molecular weight excluding hydrogens is 474 g/mol. The number of rotatable bonds is 8. The van der Waals surface area contributed by atoms with E-state index in [2.05, 4.69) is 50.9 Å². The molecule has 2 aromatic heterocycles. The molecule has 1 aromatic carbocycles. The number of imidazole rings is 1. The van der Waals surface area contributed by atoms with Gasteiger partial charge in [-0.05, 0) is 57.0 Å². The Bertz CT molecular complexity index is 1350. The first-order valence-corrected chi connectivity index (χ1v) is 12.7. The van der Waals surface area contributed by atoms with Gasteiger partial charge in [0, 0.05) is 30.9 Å². The Morgan fingerprint density at radius 3 is 2.61 bits per heavy atom. The Kier molecular flexibility index (Phi) is 6.39. The molecule has 1 atom stereocenters. The Morgan fingerprint density at radius 1 is 1.25 bits per heavy atom. The van der Waals surface area contributed by atoms with Crippen molar-refractivity contribution >= 4 is 28.7 Å². The van der Waals surface area contributed by atoms with E-state index < -0.39 is 5.54 Å². The molecule has 2 aliphatic rings. The first-order chi connectivity index (χ1) is 17.2. The summed E-state index contributed by atoms with van der Waals surface area (Å²) >= 11 is 6.62. The number of fused-ring (bicyclic) bond motifs is 1. The van der Waals surface area contributed by atoms with E-state index in [0.717, 1.165) is 23.2 Å². The molecule has 2 aliphatic carbocycles. The number of aromatic amines is 1. The minimum absolute atomic E-state index is 0.0583. The Labute approximate surface area is 216 Å². The predicted octanol–water partition coefficient (Wildman–Crippen LogP) is 5.08. The van der Waals surface area contributed by atoms with Crippen molar-refractivity contribution in [2.45, 2.75) is 57.1 Å². The van der Waals surface area contributed by atoms with Crippen LogP contribution in [0.15, 0.2) is 54.1 Å². The molecule has 1 unspecified atom stereocenters. The maximum absolute atomic E-state index is 11.5. The minimum atomic E-state index is -0.436. The molecule has 0 bridgehead atoms. The van der Waals surface area contributed by atoms with E-state index in [9.17, 15) is 4.79 Å². The molecule has 36 heavy (non-hydrogen) atoms. The van der Waals surface area contributed by atoms with Crippen molar-refractivity contribution in [3.8, 4) is 17.3 Å². The van der Waals surface area contributed by atoms with Crippen LogP contribution >= 0.6 is 11.6 Å². The lowest BCUT2D eigenvalue weighted by atomic mass is 9.89. The van der Waals surface area contributed by atoms with E-state index in [4.69, 9.17) is 21.3 Å². The molecule has 1 fully saturated rings. The van der Waals surface area contributed by atoms with Crippen LogP contribution in [-0.4, -0.2) is 46.1 Å². The minimum Gasteiger partial charge on any atom is -0.457 e. The van der Waals surface area contributed by atoms with Crippen molar-refractivity contribution in [3.63, 3.8) is 0 Å². The summed E-state index contributed by atoms with van der Waals surface area (Å²) in [7, 11) is 2.00. The molecule has 0 spiro atoms. The second-order valence-corrected chi connectivity index (χ2v) is 10.7. The molecular formula is C28H32ClN5O2. The Balaban J connectivity index is 1.31. The molecule has 1 amide bonds. The maximum atomic E-state index is 11.5. The topological polar surface area (TPSA) is 91.9 Å². The number of aromatic nitrogens is 3. The number of hydrogen-bond donors (Lipinski definition) is 3. The van der Waals surface area contributed by atoms with E-state index in [-0.39, 0.29) is 17.4 Å². The summed E-state index contributed by atoms with van der Waals surface area (Å²) in [6, 6.07) is 10.8. The van der Waals surface area contributed by atoms with Crippen molar-refractivity contribution in [1.29, 1.82) is 0 Å². The van der Waals surface area contributed by atoms with Crippen LogP contribution in [0, 0.1) is 0 Å². The van der Waals surface area contributed by atoms with Gasteiger partial charge in [0.1, 0.15) is 6.10 Å². The molecule has 0 aliphatic heterocycles. The highest BCUT2D eigenvalue weighted by Crippen LogP contribution is 2.48.